The Morgan fingerprint density at radius 1 is 1.29 bits per heavy atom. The molecule has 0 radical (unpaired) electrons. The molecule has 1 aromatic carbocycles. The zero-order chi connectivity index (χ0) is 15.4. The standard InChI is InChI=1S/C13H12ClN3O4/c1-20-8-3-4-9(10(7-8)21-2)17(13(18)19)11-5-6-15-12(14)16-11/h3-7H,1-2H3,(H,18,19). The highest BCUT2D eigenvalue weighted by molar-refractivity contribution is 6.28. The number of aromatic nitrogens is 2. The molecule has 8 heteroatoms. The van der Waals surface area contributed by atoms with E-state index >= 15 is 0 Å². The van der Waals surface area contributed by atoms with Gasteiger partial charge in [0.05, 0.1) is 19.9 Å². The number of halogens is 1. The Kier molecular flexibility index (Phi) is 4.44. The van der Waals surface area contributed by atoms with E-state index in [0.717, 1.165) is 4.90 Å². The molecule has 0 aliphatic rings. The SMILES string of the molecule is COc1ccc(N(C(=O)O)c2ccnc(Cl)n2)c(OC)c1. The minimum Gasteiger partial charge on any atom is -0.497 e. The maximum Gasteiger partial charge on any atom is 0.417 e. The number of carbonyl (C=O) groups is 1. The number of nitrogens with zero attached hydrogens (tertiary/aromatic N) is 3. The maximum absolute atomic E-state index is 11.6. The van der Waals surface area contributed by atoms with Crippen LogP contribution in [0.5, 0.6) is 11.5 Å². The molecule has 1 aromatic heterocycles. The number of carboxylic acid groups (broad SMARTS) is 1. The van der Waals surface area contributed by atoms with Crippen LogP contribution < -0.4 is 14.4 Å². The number of amides is 1. The normalized spacial score (nSPS) is 10.0. The van der Waals surface area contributed by atoms with Crippen molar-refractivity contribution in [2.75, 3.05) is 19.1 Å². The highest BCUT2D eigenvalue weighted by atomic mass is 35.5. The lowest BCUT2D eigenvalue weighted by Gasteiger charge is -2.21. The summed E-state index contributed by atoms with van der Waals surface area (Å²) in [6.45, 7) is 0. The van der Waals surface area contributed by atoms with Crippen molar-refractivity contribution in [2.45, 2.75) is 0 Å². The van der Waals surface area contributed by atoms with Gasteiger partial charge >= 0.3 is 6.09 Å². The Bertz CT molecular complexity index is 666. The summed E-state index contributed by atoms with van der Waals surface area (Å²) in [7, 11) is 2.94. The van der Waals surface area contributed by atoms with Gasteiger partial charge < -0.3 is 14.6 Å². The molecule has 0 unspecified atom stereocenters. The minimum absolute atomic E-state index is 0.0498. The third-order valence-corrected chi connectivity index (χ3v) is 2.84. The molecule has 0 spiro atoms. The van der Waals surface area contributed by atoms with Gasteiger partial charge in [0.25, 0.3) is 0 Å². The predicted molar refractivity (Wildman–Crippen MR) is 76.8 cm³/mol. The first-order chi connectivity index (χ1) is 10.1. The Morgan fingerprint density at radius 2 is 2.05 bits per heavy atom. The molecule has 2 rings (SSSR count). The molecule has 0 aliphatic carbocycles. The molecular weight excluding hydrogens is 298 g/mol. The van der Waals surface area contributed by atoms with Crippen LogP contribution >= 0.6 is 11.6 Å². The Hall–Kier alpha value is -2.54. The molecule has 0 bridgehead atoms. The van der Waals surface area contributed by atoms with Gasteiger partial charge in [-0.25, -0.2) is 14.7 Å². The van der Waals surface area contributed by atoms with Gasteiger partial charge in [-0.15, -0.1) is 0 Å². The van der Waals surface area contributed by atoms with Gasteiger partial charge in [0.2, 0.25) is 5.28 Å². The fraction of sp³-hybridized carbons (Fsp3) is 0.154. The summed E-state index contributed by atoms with van der Waals surface area (Å²) in [5.41, 5.74) is 0.292. The van der Waals surface area contributed by atoms with Gasteiger partial charge in [-0.05, 0) is 23.7 Å². The Morgan fingerprint density at radius 3 is 2.62 bits per heavy atom. The second-order valence-electron chi connectivity index (χ2n) is 3.84. The summed E-state index contributed by atoms with van der Waals surface area (Å²) < 4.78 is 10.3. The highest BCUT2D eigenvalue weighted by Gasteiger charge is 2.22. The molecule has 2 aromatic rings. The van der Waals surface area contributed by atoms with Crippen LogP contribution in [0.15, 0.2) is 30.5 Å². The van der Waals surface area contributed by atoms with Crippen LogP contribution in [0.2, 0.25) is 5.28 Å². The molecule has 0 atom stereocenters. The lowest BCUT2D eigenvalue weighted by Crippen LogP contribution is -2.25. The van der Waals surface area contributed by atoms with Crippen LogP contribution in [0.4, 0.5) is 16.3 Å². The van der Waals surface area contributed by atoms with E-state index in [2.05, 4.69) is 9.97 Å². The number of methoxy groups -OCH3 is 2. The van der Waals surface area contributed by atoms with Gasteiger partial charge in [-0.2, -0.15) is 4.98 Å². The maximum atomic E-state index is 11.6. The van der Waals surface area contributed by atoms with Crippen molar-refractivity contribution in [2.24, 2.45) is 0 Å². The average molecular weight is 310 g/mol. The lowest BCUT2D eigenvalue weighted by atomic mass is 10.2. The van der Waals surface area contributed by atoms with E-state index in [0.29, 0.717) is 17.2 Å². The van der Waals surface area contributed by atoms with Crippen LogP contribution in [-0.2, 0) is 0 Å². The first kappa shape index (κ1) is 14.9. The van der Waals surface area contributed by atoms with Crippen LogP contribution in [0.1, 0.15) is 0 Å². The zero-order valence-corrected chi connectivity index (χ0v) is 12.0. The van der Waals surface area contributed by atoms with Gasteiger partial charge in [-0.1, -0.05) is 0 Å². The van der Waals surface area contributed by atoms with Crippen molar-refractivity contribution in [1.82, 2.24) is 9.97 Å². The average Bonchev–Trinajstić information content (AvgIpc) is 2.47. The van der Waals surface area contributed by atoms with E-state index in [1.807, 2.05) is 0 Å². The summed E-state index contributed by atoms with van der Waals surface area (Å²) >= 11 is 5.71. The van der Waals surface area contributed by atoms with Crippen molar-refractivity contribution in [3.8, 4) is 11.5 Å². The third-order valence-electron chi connectivity index (χ3n) is 2.66. The molecule has 0 aliphatic heterocycles. The quantitative estimate of drug-likeness (QED) is 0.874. The van der Waals surface area contributed by atoms with Gasteiger partial charge in [0.1, 0.15) is 17.3 Å². The topological polar surface area (TPSA) is 84.8 Å². The first-order valence-corrected chi connectivity index (χ1v) is 6.18. The molecule has 1 heterocycles. The summed E-state index contributed by atoms with van der Waals surface area (Å²) in [5, 5.41) is 9.40. The van der Waals surface area contributed by atoms with Crippen molar-refractivity contribution < 1.29 is 19.4 Å². The second-order valence-corrected chi connectivity index (χ2v) is 4.18. The van der Waals surface area contributed by atoms with Crippen molar-refractivity contribution in [3.05, 3.63) is 35.7 Å². The largest absolute Gasteiger partial charge is 0.497 e. The van der Waals surface area contributed by atoms with Crippen molar-refractivity contribution >= 4 is 29.2 Å². The number of rotatable bonds is 4. The van der Waals surface area contributed by atoms with Crippen LogP contribution in [0.3, 0.4) is 0 Å². The van der Waals surface area contributed by atoms with E-state index < -0.39 is 6.09 Å². The predicted octanol–water partition coefficient (Wildman–Crippen LogP) is 2.96. The summed E-state index contributed by atoms with van der Waals surface area (Å²) in [5.74, 6) is 0.985. The molecule has 21 heavy (non-hydrogen) atoms. The van der Waals surface area contributed by atoms with Gasteiger partial charge in [0.15, 0.2) is 0 Å². The number of ether oxygens (including phenoxy) is 2. The second kappa shape index (κ2) is 6.27. The van der Waals surface area contributed by atoms with Crippen LogP contribution in [0.25, 0.3) is 0 Å². The third kappa shape index (κ3) is 3.14. The van der Waals surface area contributed by atoms with Crippen molar-refractivity contribution in [1.29, 1.82) is 0 Å². The lowest BCUT2D eigenvalue weighted by molar-refractivity contribution is 0.204. The molecular formula is C13H12ClN3O4. The number of anilines is 2. The molecule has 0 fully saturated rings. The fourth-order valence-corrected chi connectivity index (χ4v) is 1.89. The summed E-state index contributed by atoms with van der Waals surface area (Å²) in [4.78, 5) is 20.2. The van der Waals surface area contributed by atoms with Crippen LogP contribution in [-0.4, -0.2) is 35.4 Å². The van der Waals surface area contributed by atoms with E-state index in [-0.39, 0.29) is 11.1 Å². The molecule has 0 saturated carbocycles. The molecule has 0 saturated heterocycles. The Balaban J connectivity index is 2.56. The number of benzene rings is 1. The van der Waals surface area contributed by atoms with Crippen molar-refractivity contribution in [3.63, 3.8) is 0 Å². The number of hydrogen-bond acceptors (Lipinski definition) is 5. The number of hydrogen-bond donors (Lipinski definition) is 1. The zero-order valence-electron chi connectivity index (χ0n) is 11.3. The van der Waals surface area contributed by atoms with E-state index in [9.17, 15) is 9.90 Å². The minimum atomic E-state index is -1.23. The van der Waals surface area contributed by atoms with Gasteiger partial charge in [-0.3, -0.25) is 0 Å². The highest BCUT2D eigenvalue weighted by Crippen LogP contribution is 2.35. The van der Waals surface area contributed by atoms with E-state index in [1.54, 1.807) is 18.2 Å². The Labute approximate surface area is 125 Å². The van der Waals surface area contributed by atoms with E-state index in [1.165, 1.54) is 26.5 Å². The molecule has 1 N–H and O–H groups in total. The van der Waals surface area contributed by atoms with Gasteiger partial charge in [0, 0.05) is 18.3 Å². The first-order valence-electron chi connectivity index (χ1n) is 5.80. The summed E-state index contributed by atoms with van der Waals surface area (Å²) in [6.07, 6.45) is 0.143. The monoisotopic (exact) mass is 309 g/mol. The smallest absolute Gasteiger partial charge is 0.417 e. The fourth-order valence-electron chi connectivity index (χ4n) is 1.74. The molecule has 7 nitrogen and oxygen atoms in total. The molecule has 110 valence electrons. The summed E-state index contributed by atoms with van der Waals surface area (Å²) in [6, 6.07) is 6.19. The molecule has 1 amide bonds. The van der Waals surface area contributed by atoms with Crippen LogP contribution in [0, 0.1) is 0 Å². The van der Waals surface area contributed by atoms with E-state index in [4.69, 9.17) is 21.1 Å².